The van der Waals surface area contributed by atoms with Crippen molar-refractivity contribution in [3.63, 3.8) is 0 Å². The van der Waals surface area contributed by atoms with Gasteiger partial charge in [-0.25, -0.2) is 8.42 Å². The summed E-state index contributed by atoms with van der Waals surface area (Å²) in [6.07, 6.45) is 0.750. The van der Waals surface area contributed by atoms with Crippen LogP contribution in [-0.4, -0.2) is 51.7 Å². The van der Waals surface area contributed by atoms with E-state index in [0.29, 0.717) is 6.54 Å². The first-order valence-corrected chi connectivity index (χ1v) is 9.87. The number of rotatable bonds is 8. The third-order valence-corrected chi connectivity index (χ3v) is 5.62. The second-order valence-electron chi connectivity index (χ2n) is 6.35. The van der Waals surface area contributed by atoms with E-state index >= 15 is 0 Å². The van der Waals surface area contributed by atoms with E-state index in [1.54, 1.807) is 0 Å². The lowest BCUT2D eigenvalue weighted by atomic mass is 10.1. The predicted octanol–water partition coefficient (Wildman–Crippen LogP) is 2.59. The first-order valence-electron chi connectivity index (χ1n) is 8.32. The molecule has 0 saturated heterocycles. The summed E-state index contributed by atoms with van der Waals surface area (Å²) in [5.74, 6) is -3.88. The summed E-state index contributed by atoms with van der Waals surface area (Å²) in [4.78, 5) is 13.8. The highest BCUT2D eigenvalue weighted by molar-refractivity contribution is 7.91. The van der Waals surface area contributed by atoms with Gasteiger partial charge in [0.1, 0.15) is 0 Å². The molecule has 0 saturated carbocycles. The Kier molecular flexibility index (Phi) is 7.04. The number of sulfone groups is 1. The predicted molar refractivity (Wildman–Crippen MR) is 99.6 cm³/mol. The summed E-state index contributed by atoms with van der Waals surface area (Å²) in [7, 11) is -0.822. The number of alkyl halides is 2. The molecule has 1 unspecified atom stereocenters. The van der Waals surface area contributed by atoms with E-state index in [2.05, 4.69) is 5.32 Å². The second kappa shape index (κ2) is 9.05. The fourth-order valence-electron chi connectivity index (χ4n) is 2.53. The Morgan fingerprint density at radius 2 is 1.63 bits per heavy atom. The molecule has 1 amide bonds. The molecule has 0 bridgehead atoms. The van der Waals surface area contributed by atoms with Gasteiger partial charge in [-0.3, -0.25) is 4.79 Å². The minimum atomic E-state index is -4.66. The summed E-state index contributed by atoms with van der Waals surface area (Å²) in [5, 5.41) is 2.80. The maximum atomic E-state index is 12.5. The molecule has 2 rings (SSSR count). The molecule has 0 radical (unpaired) electrons. The lowest BCUT2D eigenvalue weighted by molar-refractivity contribution is 0.0941. The van der Waals surface area contributed by atoms with Gasteiger partial charge in [0.15, 0.2) is 0 Å². The SMILES string of the molecule is CN(C)C(CNC(=O)c1ccc(S(=O)(=O)C(F)F)cc1)Cc1ccccc1. The zero-order valence-electron chi connectivity index (χ0n) is 15.1. The van der Waals surface area contributed by atoms with Crippen LogP contribution in [0.2, 0.25) is 0 Å². The summed E-state index contributed by atoms with van der Waals surface area (Å²) in [6, 6.07) is 14.4. The smallest absolute Gasteiger partial charge is 0.341 e. The number of carbonyl (C=O) groups is 1. The number of halogens is 2. The van der Waals surface area contributed by atoms with E-state index in [1.807, 2.05) is 49.3 Å². The molecule has 0 aliphatic carbocycles. The first kappa shape index (κ1) is 21.0. The van der Waals surface area contributed by atoms with Crippen LogP contribution in [0.15, 0.2) is 59.5 Å². The monoisotopic (exact) mass is 396 g/mol. The van der Waals surface area contributed by atoms with Gasteiger partial charge in [0, 0.05) is 18.2 Å². The van der Waals surface area contributed by atoms with Gasteiger partial charge in [-0.1, -0.05) is 30.3 Å². The van der Waals surface area contributed by atoms with Crippen LogP contribution in [0.5, 0.6) is 0 Å². The van der Waals surface area contributed by atoms with Crippen LogP contribution < -0.4 is 5.32 Å². The number of nitrogens with zero attached hydrogens (tertiary/aromatic N) is 1. The molecule has 8 heteroatoms. The van der Waals surface area contributed by atoms with Crippen molar-refractivity contribution in [3.05, 3.63) is 65.7 Å². The zero-order chi connectivity index (χ0) is 20.0. The molecule has 27 heavy (non-hydrogen) atoms. The zero-order valence-corrected chi connectivity index (χ0v) is 15.9. The van der Waals surface area contributed by atoms with Crippen LogP contribution in [0.1, 0.15) is 15.9 Å². The maximum absolute atomic E-state index is 12.5. The number of hydrogen-bond donors (Lipinski definition) is 1. The number of benzene rings is 2. The van der Waals surface area contributed by atoms with E-state index in [4.69, 9.17) is 0 Å². The number of nitrogens with one attached hydrogen (secondary N) is 1. The maximum Gasteiger partial charge on any atom is 0.341 e. The molecule has 146 valence electrons. The van der Waals surface area contributed by atoms with Crippen LogP contribution >= 0.6 is 0 Å². The van der Waals surface area contributed by atoms with Crippen molar-refractivity contribution < 1.29 is 22.0 Å². The van der Waals surface area contributed by atoms with Crippen molar-refractivity contribution in [2.75, 3.05) is 20.6 Å². The average molecular weight is 396 g/mol. The molecular formula is C19H22F2N2O3S. The molecule has 2 aromatic rings. The third kappa shape index (κ3) is 5.58. The summed E-state index contributed by atoms with van der Waals surface area (Å²) in [6.45, 7) is 0.387. The highest BCUT2D eigenvalue weighted by Gasteiger charge is 2.26. The normalized spacial score (nSPS) is 13.0. The van der Waals surface area contributed by atoms with Crippen LogP contribution in [0.3, 0.4) is 0 Å². The number of hydrogen-bond acceptors (Lipinski definition) is 4. The molecule has 0 aromatic heterocycles. The van der Waals surface area contributed by atoms with Crippen molar-refractivity contribution in [3.8, 4) is 0 Å². The van der Waals surface area contributed by atoms with Crippen molar-refractivity contribution >= 4 is 15.7 Å². The van der Waals surface area contributed by atoms with Gasteiger partial charge in [-0.15, -0.1) is 0 Å². The standard InChI is InChI=1S/C19H22F2N2O3S/c1-23(2)16(12-14-6-4-3-5-7-14)13-22-18(24)15-8-10-17(11-9-15)27(25,26)19(20)21/h3-11,16,19H,12-13H2,1-2H3,(H,22,24). The Morgan fingerprint density at radius 3 is 2.15 bits per heavy atom. The van der Waals surface area contributed by atoms with E-state index in [1.165, 1.54) is 12.1 Å². The van der Waals surface area contributed by atoms with Gasteiger partial charge in [0.05, 0.1) is 4.90 Å². The Hall–Kier alpha value is -2.32. The van der Waals surface area contributed by atoms with Crippen LogP contribution in [0.4, 0.5) is 8.78 Å². The molecule has 1 atom stereocenters. The highest BCUT2D eigenvalue weighted by Crippen LogP contribution is 2.18. The quantitative estimate of drug-likeness (QED) is 0.745. The third-order valence-electron chi connectivity index (χ3n) is 4.22. The molecule has 0 heterocycles. The van der Waals surface area contributed by atoms with Crippen LogP contribution in [0.25, 0.3) is 0 Å². The number of carbonyl (C=O) groups excluding carboxylic acids is 1. The first-order chi connectivity index (χ1) is 12.7. The minimum absolute atomic E-state index is 0.0647. The van der Waals surface area contributed by atoms with E-state index < -0.39 is 26.4 Å². The molecule has 0 spiro atoms. The fourth-order valence-corrected chi connectivity index (χ4v) is 3.26. The van der Waals surface area contributed by atoms with Crippen molar-refractivity contribution in [1.29, 1.82) is 0 Å². The second-order valence-corrected chi connectivity index (χ2v) is 8.26. The number of likely N-dealkylation sites (N-methyl/N-ethyl adjacent to an activating group) is 1. The highest BCUT2D eigenvalue weighted by atomic mass is 32.2. The van der Waals surface area contributed by atoms with E-state index in [9.17, 15) is 22.0 Å². The Morgan fingerprint density at radius 1 is 1.04 bits per heavy atom. The van der Waals surface area contributed by atoms with Crippen molar-refractivity contribution in [2.45, 2.75) is 23.1 Å². The van der Waals surface area contributed by atoms with E-state index in [-0.39, 0.29) is 11.6 Å². The Labute approximate surface area is 157 Å². The average Bonchev–Trinajstić information content (AvgIpc) is 2.65. The van der Waals surface area contributed by atoms with Crippen LogP contribution in [-0.2, 0) is 16.3 Å². The molecule has 0 aliphatic rings. The van der Waals surface area contributed by atoms with Gasteiger partial charge in [-0.2, -0.15) is 8.78 Å². The molecule has 0 aliphatic heterocycles. The largest absolute Gasteiger partial charge is 0.350 e. The lowest BCUT2D eigenvalue weighted by Gasteiger charge is -2.24. The molecule has 5 nitrogen and oxygen atoms in total. The van der Waals surface area contributed by atoms with Crippen LogP contribution in [0, 0.1) is 0 Å². The van der Waals surface area contributed by atoms with Gasteiger partial charge in [0.2, 0.25) is 9.84 Å². The lowest BCUT2D eigenvalue weighted by Crippen LogP contribution is -2.41. The summed E-state index contributed by atoms with van der Waals surface area (Å²) in [5.41, 5.74) is 1.35. The minimum Gasteiger partial charge on any atom is -0.350 e. The van der Waals surface area contributed by atoms with Crippen molar-refractivity contribution in [2.24, 2.45) is 0 Å². The van der Waals surface area contributed by atoms with E-state index in [0.717, 1.165) is 24.1 Å². The van der Waals surface area contributed by atoms with Gasteiger partial charge in [0.25, 0.3) is 5.91 Å². The van der Waals surface area contributed by atoms with Gasteiger partial charge < -0.3 is 10.2 Å². The van der Waals surface area contributed by atoms with Gasteiger partial charge >= 0.3 is 5.76 Å². The summed E-state index contributed by atoms with van der Waals surface area (Å²) >= 11 is 0. The molecular weight excluding hydrogens is 374 g/mol. The molecule has 0 fully saturated rings. The molecule has 1 N–H and O–H groups in total. The Bertz CT molecular complexity index is 854. The Balaban J connectivity index is 2.01. The summed E-state index contributed by atoms with van der Waals surface area (Å²) < 4.78 is 47.9. The number of amides is 1. The van der Waals surface area contributed by atoms with Gasteiger partial charge in [-0.05, 0) is 50.3 Å². The molecule has 2 aromatic carbocycles. The van der Waals surface area contributed by atoms with Crippen molar-refractivity contribution in [1.82, 2.24) is 10.2 Å². The topological polar surface area (TPSA) is 66.5 Å². The fraction of sp³-hybridized carbons (Fsp3) is 0.316.